The molecule has 1 N–H and O–H groups in total. The third-order valence-corrected chi connectivity index (χ3v) is 13.0. The van der Waals surface area contributed by atoms with Crippen LogP contribution in [0.3, 0.4) is 0 Å². The van der Waals surface area contributed by atoms with Gasteiger partial charge in [-0.3, -0.25) is 0 Å². The van der Waals surface area contributed by atoms with Crippen molar-refractivity contribution in [2.45, 2.75) is 103 Å². The van der Waals surface area contributed by atoms with Crippen LogP contribution in [0.2, 0.25) is 18.1 Å². The average molecular weight is 738 g/mol. The first-order valence-corrected chi connectivity index (χ1v) is 19.4. The van der Waals surface area contributed by atoms with Gasteiger partial charge in [0.15, 0.2) is 20.6 Å². The van der Waals surface area contributed by atoms with E-state index in [0.29, 0.717) is 12.3 Å². The van der Waals surface area contributed by atoms with E-state index < -0.39 is 38.2 Å². The number of nitrogens with one attached hydrogen (secondary N) is 1. The zero-order valence-electron chi connectivity index (χ0n) is 29.8. The van der Waals surface area contributed by atoms with Crippen molar-refractivity contribution in [3.8, 4) is 11.9 Å². The molecule has 0 saturated carbocycles. The van der Waals surface area contributed by atoms with Gasteiger partial charge in [0.05, 0.1) is 32.6 Å². The van der Waals surface area contributed by atoms with Crippen LogP contribution in [-0.4, -0.2) is 73.8 Å². The molecule has 0 unspecified atom stereocenters. The van der Waals surface area contributed by atoms with Gasteiger partial charge in [-0.1, -0.05) is 61.8 Å². The highest BCUT2D eigenvalue weighted by atomic mass is 79.9. The van der Waals surface area contributed by atoms with Crippen molar-refractivity contribution in [1.29, 1.82) is 0 Å². The third-order valence-electron chi connectivity index (χ3n) is 8.00. The Kier molecular flexibility index (Phi) is 14.9. The largest absolute Gasteiger partial charge is 0.624 e. The Morgan fingerprint density at radius 2 is 1.74 bits per heavy atom. The topological polar surface area (TPSA) is 127 Å². The summed E-state index contributed by atoms with van der Waals surface area (Å²) in [6.07, 6.45) is 1.85. The summed E-state index contributed by atoms with van der Waals surface area (Å²) in [5, 5.41) is 16.5. The molecule has 0 radical (unpaired) electrons. The summed E-state index contributed by atoms with van der Waals surface area (Å²) in [5.74, 6) is 0.0736. The number of hydrogen-bond donors (Lipinski definition) is 1. The van der Waals surface area contributed by atoms with Gasteiger partial charge in [-0.15, -0.1) is 6.58 Å². The van der Waals surface area contributed by atoms with Gasteiger partial charge in [-0.05, 0) is 56.6 Å². The second-order valence-corrected chi connectivity index (χ2v) is 19.6. The number of carbonyl (C=O) groups is 1. The van der Waals surface area contributed by atoms with Gasteiger partial charge in [0.1, 0.15) is 18.3 Å². The van der Waals surface area contributed by atoms with Crippen LogP contribution in [-0.2, 0) is 20.5 Å². The Balaban J connectivity index is 2.55. The summed E-state index contributed by atoms with van der Waals surface area (Å²) >= 11 is 3.44. The number of benzene rings is 1. The Hall–Kier alpha value is -3.00. The monoisotopic (exact) mass is 736 g/mol. The molecular formula is C34H53BrN4O7Si. The summed E-state index contributed by atoms with van der Waals surface area (Å²) in [6, 6.07) is 8.20. The summed E-state index contributed by atoms with van der Waals surface area (Å²) in [4.78, 5) is 22.1. The Morgan fingerprint density at radius 1 is 1.11 bits per heavy atom. The summed E-state index contributed by atoms with van der Waals surface area (Å²) in [7, 11) is 0.457. The molecule has 0 fully saturated rings. The lowest BCUT2D eigenvalue weighted by atomic mass is 10.0. The Bertz CT molecular complexity index is 1320. The average Bonchev–Trinajstić information content (AvgIpc) is 2.98. The molecule has 0 aliphatic rings. The molecule has 0 aliphatic carbocycles. The van der Waals surface area contributed by atoms with E-state index in [4.69, 9.17) is 23.4 Å². The molecule has 2 rings (SSSR count). The van der Waals surface area contributed by atoms with Gasteiger partial charge in [-0.2, -0.15) is 9.97 Å². The van der Waals surface area contributed by atoms with E-state index >= 15 is 0 Å². The molecule has 0 bridgehead atoms. The zero-order chi connectivity index (χ0) is 35.6. The van der Waals surface area contributed by atoms with Gasteiger partial charge in [0.2, 0.25) is 5.88 Å². The van der Waals surface area contributed by atoms with Gasteiger partial charge in [0.25, 0.3) is 0 Å². The number of methoxy groups -OCH3 is 2. The number of hydrogen-bond acceptors (Lipinski definition) is 9. The maximum Gasteiger partial charge on any atom is 0.407 e. The van der Waals surface area contributed by atoms with Crippen LogP contribution in [0.1, 0.15) is 72.2 Å². The van der Waals surface area contributed by atoms with E-state index in [1.807, 2.05) is 31.2 Å². The number of aromatic nitrogens is 2. The molecule has 1 aromatic carbocycles. The van der Waals surface area contributed by atoms with E-state index in [-0.39, 0.29) is 35.9 Å². The molecule has 0 aliphatic heterocycles. The maximum atomic E-state index is 13.7. The second kappa shape index (κ2) is 17.4. The second-order valence-electron chi connectivity index (χ2n) is 14.0. The maximum absolute atomic E-state index is 13.7. The van der Waals surface area contributed by atoms with Crippen LogP contribution in [0.25, 0.3) is 0 Å². The fourth-order valence-electron chi connectivity index (χ4n) is 4.17. The molecule has 47 heavy (non-hydrogen) atoms. The third kappa shape index (κ3) is 12.8. The number of hydroxylamine groups is 1. The molecule has 4 atom stereocenters. The van der Waals surface area contributed by atoms with Crippen LogP contribution < -0.4 is 14.8 Å². The highest BCUT2D eigenvalue weighted by Crippen LogP contribution is 2.41. The van der Waals surface area contributed by atoms with Gasteiger partial charge < -0.3 is 33.9 Å². The molecule has 11 nitrogen and oxygen atoms in total. The minimum atomic E-state index is -2.50. The van der Waals surface area contributed by atoms with E-state index in [0.717, 1.165) is 14.8 Å². The van der Waals surface area contributed by atoms with Crippen molar-refractivity contribution in [3.05, 3.63) is 63.9 Å². The predicted molar refractivity (Wildman–Crippen MR) is 191 cm³/mol. The first kappa shape index (κ1) is 40.2. The van der Waals surface area contributed by atoms with E-state index in [9.17, 15) is 10.0 Å². The first-order valence-electron chi connectivity index (χ1n) is 15.7. The van der Waals surface area contributed by atoms with E-state index in [2.05, 4.69) is 71.7 Å². The lowest BCUT2D eigenvalue weighted by molar-refractivity contribution is -0.510. The number of rotatable bonds is 16. The lowest BCUT2D eigenvalue weighted by Gasteiger charge is -2.41. The predicted octanol–water partition coefficient (Wildman–Crippen LogP) is 7.59. The highest BCUT2D eigenvalue weighted by Gasteiger charge is 2.43. The van der Waals surface area contributed by atoms with Crippen LogP contribution in [0.5, 0.6) is 11.9 Å². The Labute approximate surface area is 290 Å². The normalized spacial score (nSPS) is 15.3. The van der Waals surface area contributed by atoms with Crippen LogP contribution >= 0.6 is 15.9 Å². The molecule has 1 heterocycles. The smallest absolute Gasteiger partial charge is 0.407 e. The fraction of sp³-hybridized carbons (Fsp3) is 0.588. The number of amides is 1. The quantitative estimate of drug-likeness (QED) is 0.0463. The summed E-state index contributed by atoms with van der Waals surface area (Å²) < 4.78 is 31.2. The van der Waals surface area contributed by atoms with Crippen LogP contribution in [0, 0.1) is 11.1 Å². The molecule has 1 aromatic heterocycles. The van der Waals surface area contributed by atoms with Crippen molar-refractivity contribution in [2.75, 3.05) is 20.8 Å². The van der Waals surface area contributed by atoms with Crippen molar-refractivity contribution in [1.82, 2.24) is 15.3 Å². The SMILES string of the molecule is C=C[C@H](C)[C@@H](COCc1ccc(Br)cc1)/[N+]([O-])=C/C[C@@H](NC(=O)OC(C)(C)C)[C@H](O[Si](C)(C)C(C)(C)C)c1cc(OC)nc(OC)n1. The van der Waals surface area contributed by atoms with Crippen LogP contribution in [0.4, 0.5) is 4.79 Å². The molecule has 0 spiro atoms. The molecule has 1 amide bonds. The minimum absolute atomic E-state index is 0.0800. The number of alkyl carbamates (subject to hydrolysis) is 1. The number of nitrogens with zero attached hydrogens (tertiary/aromatic N) is 3. The molecular weight excluding hydrogens is 684 g/mol. The fourth-order valence-corrected chi connectivity index (χ4v) is 5.71. The zero-order valence-corrected chi connectivity index (χ0v) is 32.3. The van der Waals surface area contributed by atoms with Crippen LogP contribution in [0.15, 0.2) is 47.5 Å². The van der Waals surface area contributed by atoms with E-state index in [1.54, 1.807) is 32.9 Å². The number of halogens is 1. The van der Waals surface area contributed by atoms with Gasteiger partial charge in [0, 0.05) is 22.9 Å². The summed E-state index contributed by atoms with van der Waals surface area (Å²) in [6.45, 7) is 22.3. The van der Waals surface area contributed by atoms with Crippen molar-refractivity contribution >= 4 is 36.6 Å². The lowest BCUT2D eigenvalue weighted by Crippen LogP contribution is -2.49. The summed E-state index contributed by atoms with van der Waals surface area (Å²) in [5.41, 5.74) is 0.665. The molecule has 2 aromatic rings. The molecule has 13 heteroatoms. The Morgan fingerprint density at radius 3 is 2.28 bits per heavy atom. The van der Waals surface area contributed by atoms with Crippen molar-refractivity contribution in [3.63, 3.8) is 0 Å². The van der Waals surface area contributed by atoms with Gasteiger partial charge >= 0.3 is 12.1 Å². The number of ether oxygens (including phenoxy) is 4. The highest BCUT2D eigenvalue weighted by molar-refractivity contribution is 9.10. The first-order chi connectivity index (χ1) is 21.8. The van der Waals surface area contributed by atoms with Crippen molar-refractivity contribution in [2.24, 2.45) is 5.92 Å². The van der Waals surface area contributed by atoms with E-state index in [1.165, 1.54) is 20.4 Å². The van der Waals surface area contributed by atoms with Crippen molar-refractivity contribution < 1.29 is 32.9 Å². The molecule has 0 saturated heterocycles. The standard InChI is InChI=1S/C34H53BrN4O7Si/c1-13-23(2)28(22-44-21-24-14-16-25(35)17-15-24)39(41)19-18-26(37-32(40)45-33(3,4)5)30(46-47(11,12)34(6,7)8)27-20-29(42-9)38-31(36-27)43-10/h13-17,19-20,23,26,28,30H,1,18,21-22H2,2-12H3,(H,37,40)/b39-19-/t23-,26+,28+,30-/m0/s1. The number of carbonyl (C=O) groups excluding carboxylic acids is 1. The van der Waals surface area contributed by atoms with Gasteiger partial charge in [-0.25, -0.2) is 9.53 Å². The minimum Gasteiger partial charge on any atom is -0.624 e. The molecule has 262 valence electrons.